The molecule has 0 saturated heterocycles. The maximum atomic E-state index is 9.32. The van der Waals surface area contributed by atoms with E-state index < -0.39 is 0 Å². The monoisotopic (exact) mass is 287 g/mol. The van der Waals surface area contributed by atoms with E-state index in [0.717, 1.165) is 30.6 Å². The van der Waals surface area contributed by atoms with Crippen LogP contribution in [0.3, 0.4) is 0 Å². The van der Waals surface area contributed by atoms with E-state index >= 15 is 0 Å². The van der Waals surface area contributed by atoms with Crippen LogP contribution in [-0.2, 0) is 0 Å². The largest absolute Gasteiger partial charge is 0.492 e. The molecule has 1 fully saturated rings. The van der Waals surface area contributed by atoms with Gasteiger partial charge in [-0.1, -0.05) is 23.2 Å². The highest BCUT2D eigenvalue weighted by Crippen LogP contribution is 2.40. The maximum Gasteiger partial charge on any atom is 0.142 e. The first kappa shape index (κ1) is 12.5. The predicted molar refractivity (Wildman–Crippen MR) is 71.5 cm³/mol. The van der Waals surface area contributed by atoms with Crippen LogP contribution in [0.5, 0.6) is 5.75 Å². The van der Waals surface area contributed by atoms with Crippen LogP contribution in [0.25, 0.3) is 0 Å². The van der Waals surface area contributed by atoms with E-state index in [4.69, 9.17) is 27.9 Å². The van der Waals surface area contributed by atoms with Crippen molar-refractivity contribution in [1.82, 2.24) is 5.32 Å². The molecule has 0 aromatic heterocycles. The summed E-state index contributed by atoms with van der Waals surface area (Å²) in [6, 6.07) is 4.21. The Morgan fingerprint density at radius 2 is 2.06 bits per heavy atom. The van der Waals surface area contributed by atoms with E-state index in [9.17, 15) is 5.11 Å². The van der Waals surface area contributed by atoms with Gasteiger partial charge in [0.15, 0.2) is 0 Å². The average Bonchev–Trinajstić information content (AvgIpc) is 2.28. The van der Waals surface area contributed by atoms with Gasteiger partial charge in [-0.3, -0.25) is 0 Å². The molecule has 0 spiro atoms. The fraction of sp³-hybridized carbons (Fsp3) is 0.538. The van der Waals surface area contributed by atoms with E-state index in [-0.39, 0.29) is 12.1 Å². The Hall–Kier alpha value is -0.480. The molecule has 3 rings (SSSR count). The number of aliphatic hydroxyl groups excluding tert-OH is 1. The molecular weight excluding hydrogens is 273 g/mol. The number of ether oxygens (including phenoxy) is 1. The van der Waals surface area contributed by atoms with E-state index in [2.05, 4.69) is 5.32 Å². The van der Waals surface area contributed by atoms with Crippen LogP contribution in [0.4, 0.5) is 0 Å². The molecule has 1 atom stereocenters. The molecule has 2 aliphatic rings. The van der Waals surface area contributed by atoms with Crippen molar-refractivity contribution >= 4 is 23.2 Å². The summed E-state index contributed by atoms with van der Waals surface area (Å²) in [4.78, 5) is 0. The van der Waals surface area contributed by atoms with Gasteiger partial charge in [0.05, 0.1) is 17.7 Å². The van der Waals surface area contributed by atoms with Crippen molar-refractivity contribution in [3.63, 3.8) is 0 Å². The SMILES string of the molecule is OC1CC(NC2CCOc3c(Cl)cc(Cl)cc32)C1. The maximum absolute atomic E-state index is 9.32. The molecule has 1 aliphatic heterocycles. The summed E-state index contributed by atoms with van der Waals surface area (Å²) in [7, 11) is 0. The van der Waals surface area contributed by atoms with Crippen LogP contribution in [0, 0.1) is 0 Å². The van der Waals surface area contributed by atoms with Crippen molar-refractivity contribution in [3.8, 4) is 5.75 Å². The second kappa shape index (κ2) is 4.89. The van der Waals surface area contributed by atoms with Gasteiger partial charge in [-0.25, -0.2) is 0 Å². The molecule has 3 nitrogen and oxygen atoms in total. The standard InChI is InChI=1S/C13H15Cl2NO2/c14-7-3-10-12(16-8-5-9(17)6-8)1-2-18-13(10)11(15)4-7/h3-4,8-9,12,16-17H,1-2,5-6H2. The molecule has 0 amide bonds. The molecule has 18 heavy (non-hydrogen) atoms. The second-order valence-electron chi connectivity index (χ2n) is 4.98. The zero-order chi connectivity index (χ0) is 12.7. The Kier molecular flexibility index (Phi) is 3.41. The number of benzene rings is 1. The summed E-state index contributed by atoms with van der Waals surface area (Å²) in [6.45, 7) is 0.654. The highest BCUT2D eigenvalue weighted by atomic mass is 35.5. The van der Waals surface area contributed by atoms with Gasteiger partial charge >= 0.3 is 0 Å². The second-order valence-corrected chi connectivity index (χ2v) is 5.83. The average molecular weight is 288 g/mol. The minimum atomic E-state index is -0.148. The number of nitrogens with one attached hydrogen (secondary N) is 1. The lowest BCUT2D eigenvalue weighted by molar-refractivity contribution is 0.0548. The summed E-state index contributed by atoms with van der Waals surface area (Å²) in [5, 5.41) is 14.1. The molecular formula is C13H15Cl2NO2. The summed E-state index contributed by atoms with van der Waals surface area (Å²) >= 11 is 12.2. The van der Waals surface area contributed by atoms with Crippen molar-refractivity contribution in [2.45, 2.75) is 37.5 Å². The van der Waals surface area contributed by atoms with Gasteiger partial charge in [0.1, 0.15) is 5.75 Å². The van der Waals surface area contributed by atoms with Gasteiger partial charge in [-0.2, -0.15) is 0 Å². The first-order valence-corrected chi connectivity index (χ1v) is 6.95. The first-order valence-electron chi connectivity index (χ1n) is 6.19. The number of halogens is 2. The fourth-order valence-electron chi connectivity index (χ4n) is 2.61. The molecule has 5 heteroatoms. The summed E-state index contributed by atoms with van der Waals surface area (Å²) in [6.07, 6.45) is 2.39. The Labute approximate surface area is 116 Å². The van der Waals surface area contributed by atoms with E-state index in [1.807, 2.05) is 6.07 Å². The fourth-order valence-corrected chi connectivity index (χ4v) is 3.17. The van der Waals surface area contributed by atoms with E-state index in [0.29, 0.717) is 22.7 Å². The molecule has 1 aromatic carbocycles. The Balaban J connectivity index is 1.82. The topological polar surface area (TPSA) is 41.5 Å². The Morgan fingerprint density at radius 1 is 1.28 bits per heavy atom. The minimum absolute atomic E-state index is 0.148. The third-order valence-electron chi connectivity index (χ3n) is 3.62. The third-order valence-corrected chi connectivity index (χ3v) is 4.11. The lowest BCUT2D eigenvalue weighted by Crippen LogP contribution is -2.46. The number of rotatable bonds is 2. The summed E-state index contributed by atoms with van der Waals surface area (Å²) < 4.78 is 5.61. The third kappa shape index (κ3) is 2.32. The predicted octanol–water partition coefficient (Wildman–Crippen LogP) is 2.93. The minimum Gasteiger partial charge on any atom is -0.492 e. The quantitative estimate of drug-likeness (QED) is 0.879. The number of aliphatic hydroxyl groups is 1. The molecule has 1 aromatic rings. The van der Waals surface area contributed by atoms with Gasteiger partial charge in [0.25, 0.3) is 0 Å². The highest BCUT2D eigenvalue weighted by molar-refractivity contribution is 6.35. The Morgan fingerprint density at radius 3 is 2.78 bits per heavy atom. The van der Waals surface area contributed by atoms with Crippen LogP contribution < -0.4 is 10.1 Å². The normalized spacial score (nSPS) is 30.3. The molecule has 1 aliphatic carbocycles. The molecule has 0 radical (unpaired) electrons. The van der Waals surface area contributed by atoms with Crippen LogP contribution in [0.1, 0.15) is 30.9 Å². The Bertz CT molecular complexity index is 461. The van der Waals surface area contributed by atoms with E-state index in [1.54, 1.807) is 6.07 Å². The summed E-state index contributed by atoms with van der Waals surface area (Å²) in [5.74, 6) is 0.740. The van der Waals surface area contributed by atoms with Crippen LogP contribution in [0.2, 0.25) is 10.0 Å². The number of hydrogen-bond donors (Lipinski definition) is 2. The first-order chi connectivity index (χ1) is 8.63. The van der Waals surface area contributed by atoms with E-state index in [1.165, 1.54) is 0 Å². The zero-order valence-corrected chi connectivity index (χ0v) is 11.3. The molecule has 0 bridgehead atoms. The zero-order valence-electron chi connectivity index (χ0n) is 9.83. The van der Waals surface area contributed by atoms with Gasteiger partial charge in [-0.15, -0.1) is 0 Å². The van der Waals surface area contributed by atoms with Crippen molar-refractivity contribution in [1.29, 1.82) is 0 Å². The lowest BCUT2D eigenvalue weighted by atomic mass is 9.87. The van der Waals surface area contributed by atoms with Gasteiger partial charge in [0, 0.05) is 29.1 Å². The van der Waals surface area contributed by atoms with Crippen molar-refractivity contribution in [3.05, 3.63) is 27.7 Å². The number of fused-ring (bicyclic) bond motifs is 1. The molecule has 2 N–H and O–H groups in total. The highest BCUT2D eigenvalue weighted by Gasteiger charge is 2.32. The van der Waals surface area contributed by atoms with Gasteiger partial charge in [0.2, 0.25) is 0 Å². The number of hydrogen-bond acceptors (Lipinski definition) is 3. The van der Waals surface area contributed by atoms with Crippen LogP contribution >= 0.6 is 23.2 Å². The van der Waals surface area contributed by atoms with Crippen molar-refractivity contribution in [2.24, 2.45) is 0 Å². The molecule has 1 unspecified atom stereocenters. The smallest absolute Gasteiger partial charge is 0.142 e. The van der Waals surface area contributed by atoms with Crippen molar-refractivity contribution in [2.75, 3.05) is 6.61 Å². The molecule has 98 valence electrons. The van der Waals surface area contributed by atoms with Gasteiger partial charge < -0.3 is 15.2 Å². The molecule has 1 saturated carbocycles. The molecule has 1 heterocycles. The lowest BCUT2D eigenvalue weighted by Gasteiger charge is -2.37. The van der Waals surface area contributed by atoms with Crippen LogP contribution in [0.15, 0.2) is 12.1 Å². The van der Waals surface area contributed by atoms with Crippen LogP contribution in [-0.4, -0.2) is 23.9 Å². The van der Waals surface area contributed by atoms with Gasteiger partial charge in [-0.05, 0) is 25.0 Å². The van der Waals surface area contributed by atoms with Crippen molar-refractivity contribution < 1.29 is 9.84 Å². The summed E-state index contributed by atoms with van der Waals surface area (Å²) in [5.41, 5.74) is 1.03.